The van der Waals surface area contributed by atoms with Crippen molar-refractivity contribution in [2.75, 3.05) is 13.1 Å². The first kappa shape index (κ1) is 15.9. The average Bonchev–Trinajstić information content (AvgIpc) is 3.38. The normalized spacial score (nSPS) is 22.8. The van der Waals surface area contributed by atoms with E-state index in [4.69, 9.17) is 9.72 Å². The summed E-state index contributed by atoms with van der Waals surface area (Å²) in [5.41, 5.74) is 1.74. The molecule has 2 aliphatic heterocycles. The van der Waals surface area contributed by atoms with Crippen LogP contribution in [0.4, 0.5) is 0 Å². The number of nitrogens with zero attached hydrogens (tertiary/aromatic N) is 4. The molecule has 2 aliphatic rings. The minimum atomic E-state index is -0.291. The molecule has 26 heavy (non-hydrogen) atoms. The van der Waals surface area contributed by atoms with Crippen molar-refractivity contribution in [3.05, 3.63) is 57.0 Å². The molecular weight excluding hydrogens is 350 g/mol. The van der Waals surface area contributed by atoms with Crippen LogP contribution in [0.1, 0.15) is 17.3 Å². The number of likely N-dealkylation sites (tertiary alicyclic amines) is 1. The smallest absolute Gasteiger partial charge is 0.343 e. The highest BCUT2D eigenvalue weighted by Gasteiger charge is 2.43. The maximum atomic E-state index is 11.9. The molecule has 1 saturated heterocycles. The second kappa shape index (κ2) is 6.15. The van der Waals surface area contributed by atoms with Crippen LogP contribution >= 0.6 is 11.3 Å². The topological polar surface area (TPSA) is 76.0 Å². The fourth-order valence-corrected chi connectivity index (χ4v) is 4.65. The van der Waals surface area contributed by atoms with Gasteiger partial charge in [0.2, 0.25) is 0 Å². The van der Waals surface area contributed by atoms with Gasteiger partial charge in [-0.2, -0.15) is 5.10 Å². The van der Waals surface area contributed by atoms with Crippen LogP contribution in [0.3, 0.4) is 0 Å². The van der Waals surface area contributed by atoms with Crippen molar-refractivity contribution in [2.45, 2.75) is 31.7 Å². The molecule has 0 radical (unpaired) electrons. The number of H-pyrrole nitrogens is 1. The van der Waals surface area contributed by atoms with E-state index in [1.54, 1.807) is 15.9 Å². The van der Waals surface area contributed by atoms with Gasteiger partial charge in [-0.05, 0) is 6.42 Å². The molecule has 0 bridgehead atoms. The molecule has 3 aromatic rings. The summed E-state index contributed by atoms with van der Waals surface area (Å²) in [6.45, 7) is 3.53. The largest absolute Gasteiger partial charge is 0.364 e. The van der Waals surface area contributed by atoms with E-state index in [9.17, 15) is 4.79 Å². The molecule has 1 fully saturated rings. The lowest BCUT2D eigenvalue weighted by molar-refractivity contribution is -0.0832. The second-order valence-electron chi connectivity index (χ2n) is 6.96. The van der Waals surface area contributed by atoms with E-state index >= 15 is 0 Å². The van der Waals surface area contributed by atoms with Crippen LogP contribution in [0.15, 0.2) is 40.5 Å². The predicted molar refractivity (Wildman–Crippen MR) is 97.8 cm³/mol. The number of ether oxygens (including phenoxy) is 1. The number of hydrogen-bond acceptors (Lipinski definition) is 6. The van der Waals surface area contributed by atoms with Gasteiger partial charge < -0.3 is 4.74 Å². The van der Waals surface area contributed by atoms with Crippen molar-refractivity contribution in [3.63, 3.8) is 0 Å². The van der Waals surface area contributed by atoms with Gasteiger partial charge in [-0.3, -0.25) is 9.47 Å². The molecule has 1 N–H and O–H groups in total. The van der Waals surface area contributed by atoms with Gasteiger partial charge in [0, 0.05) is 24.0 Å². The number of benzene rings is 1. The molecule has 1 spiro atoms. The lowest BCUT2D eigenvalue weighted by atomic mass is 10.0. The molecule has 1 atom stereocenters. The zero-order valence-corrected chi connectivity index (χ0v) is 15.0. The summed E-state index contributed by atoms with van der Waals surface area (Å²) in [4.78, 5) is 19.0. The molecule has 1 unspecified atom stereocenters. The maximum Gasteiger partial charge on any atom is 0.343 e. The van der Waals surface area contributed by atoms with Crippen molar-refractivity contribution in [1.29, 1.82) is 0 Å². The van der Waals surface area contributed by atoms with E-state index < -0.39 is 0 Å². The highest BCUT2D eigenvalue weighted by atomic mass is 32.1. The third-order valence-electron chi connectivity index (χ3n) is 5.17. The van der Waals surface area contributed by atoms with E-state index in [1.807, 2.05) is 18.2 Å². The van der Waals surface area contributed by atoms with Gasteiger partial charge in [-0.15, -0.1) is 11.3 Å². The van der Waals surface area contributed by atoms with Crippen LogP contribution in [-0.4, -0.2) is 43.3 Å². The third kappa shape index (κ3) is 2.80. The molecule has 0 saturated carbocycles. The Labute approximate surface area is 154 Å². The highest BCUT2D eigenvalue weighted by Crippen LogP contribution is 2.32. The van der Waals surface area contributed by atoms with Gasteiger partial charge in [0.1, 0.15) is 17.2 Å². The minimum Gasteiger partial charge on any atom is -0.364 e. The van der Waals surface area contributed by atoms with Crippen LogP contribution in [0.25, 0.3) is 11.3 Å². The molecule has 0 amide bonds. The number of aromatic amines is 1. The Morgan fingerprint density at radius 3 is 3.04 bits per heavy atom. The number of fused-ring (bicyclic) bond motifs is 1. The summed E-state index contributed by atoms with van der Waals surface area (Å²) in [6.07, 6.45) is 0.918. The number of aromatic nitrogens is 4. The first-order chi connectivity index (χ1) is 12.7. The van der Waals surface area contributed by atoms with Gasteiger partial charge in [-0.25, -0.2) is 14.9 Å². The van der Waals surface area contributed by atoms with Crippen molar-refractivity contribution < 1.29 is 4.74 Å². The quantitative estimate of drug-likeness (QED) is 0.763. The van der Waals surface area contributed by atoms with Crippen LogP contribution in [0.2, 0.25) is 0 Å². The number of rotatable bonds is 3. The van der Waals surface area contributed by atoms with Crippen molar-refractivity contribution in [2.24, 2.45) is 0 Å². The SMILES string of the molecule is O=c1[nH]nc2n1CC1(CCN(Cc3nc(-c4ccccc4)cs3)C1)OC2. The number of hydrogen-bond donors (Lipinski definition) is 1. The van der Waals surface area contributed by atoms with Gasteiger partial charge in [0.25, 0.3) is 0 Å². The maximum absolute atomic E-state index is 11.9. The van der Waals surface area contributed by atoms with E-state index in [0.29, 0.717) is 19.0 Å². The van der Waals surface area contributed by atoms with Gasteiger partial charge in [-0.1, -0.05) is 30.3 Å². The molecule has 2 aromatic heterocycles. The standard InChI is InChI=1S/C18H19N5O2S/c24-17-21-20-15-9-25-18(12-23(15)17)6-7-22(11-18)8-16-19-14(10-26-16)13-4-2-1-3-5-13/h1-5,10H,6-9,11-12H2,(H,21,24). The van der Waals surface area contributed by atoms with E-state index in [1.165, 1.54) is 0 Å². The minimum absolute atomic E-state index is 0.145. The van der Waals surface area contributed by atoms with Crippen molar-refractivity contribution in [1.82, 2.24) is 24.6 Å². The average molecular weight is 369 g/mol. The lowest BCUT2D eigenvalue weighted by Gasteiger charge is -2.33. The molecular formula is C18H19N5O2S. The first-order valence-electron chi connectivity index (χ1n) is 8.71. The highest BCUT2D eigenvalue weighted by molar-refractivity contribution is 7.09. The van der Waals surface area contributed by atoms with E-state index in [-0.39, 0.29) is 11.3 Å². The summed E-state index contributed by atoms with van der Waals surface area (Å²) in [5.74, 6) is 0.687. The number of thiazole rings is 1. The summed E-state index contributed by atoms with van der Waals surface area (Å²) in [5, 5.41) is 9.74. The molecule has 0 aliphatic carbocycles. The summed E-state index contributed by atoms with van der Waals surface area (Å²) in [7, 11) is 0. The molecule has 7 nitrogen and oxygen atoms in total. The van der Waals surface area contributed by atoms with Crippen LogP contribution in [0, 0.1) is 0 Å². The Morgan fingerprint density at radius 2 is 2.15 bits per heavy atom. The predicted octanol–water partition coefficient (Wildman–Crippen LogP) is 1.87. The van der Waals surface area contributed by atoms with Gasteiger partial charge in [0.15, 0.2) is 5.82 Å². The Hall–Kier alpha value is -2.29. The van der Waals surface area contributed by atoms with E-state index in [0.717, 1.165) is 42.3 Å². The van der Waals surface area contributed by atoms with Crippen molar-refractivity contribution >= 4 is 11.3 Å². The van der Waals surface area contributed by atoms with Crippen molar-refractivity contribution in [3.8, 4) is 11.3 Å². The Balaban J connectivity index is 1.28. The zero-order chi connectivity index (χ0) is 17.6. The fraction of sp³-hybridized carbons (Fsp3) is 0.389. The van der Waals surface area contributed by atoms with Crippen LogP contribution < -0.4 is 5.69 Å². The Bertz CT molecular complexity index is 979. The molecule has 5 rings (SSSR count). The van der Waals surface area contributed by atoms with Crippen LogP contribution in [0.5, 0.6) is 0 Å². The summed E-state index contributed by atoms with van der Waals surface area (Å²) >= 11 is 1.69. The Kier molecular flexibility index (Phi) is 3.77. The molecule has 1 aromatic carbocycles. The molecule has 4 heterocycles. The fourth-order valence-electron chi connectivity index (χ4n) is 3.80. The zero-order valence-electron chi connectivity index (χ0n) is 14.2. The van der Waals surface area contributed by atoms with Gasteiger partial charge in [0.05, 0.1) is 18.8 Å². The van der Waals surface area contributed by atoms with Crippen LogP contribution in [-0.2, 0) is 24.4 Å². The second-order valence-corrected chi connectivity index (χ2v) is 7.90. The monoisotopic (exact) mass is 369 g/mol. The van der Waals surface area contributed by atoms with Gasteiger partial charge >= 0.3 is 5.69 Å². The first-order valence-corrected chi connectivity index (χ1v) is 9.59. The lowest BCUT2D eigenvalue weighted by Crippen LogP contribution is -2.46. The van der Waals surface area contributed by atoms with E-state index in [2.05, 4.69) is 32.6 Å². The molecule has 134 valence electrons. The third-order valence-corrected chi connectivity index (χ3v) is 6.00. The summed E-state index contributed by atoms with van der Waals surface area (Å²) in [6, 6.07) is 10.2. The summed E-state index contributed by atoms with van der Waals surface area (Å²) < 4.78 is 7.82. The number of nitrogens with one attached hydrogen (secondary N) is 1. The Morgan fingerprint density at radius 1 is 1.27 bits per heavy atom. The molecule has 8 heteroatoms.